The molecule has 0 saturated carbocycles. The van der Waals surface area contributed by atoms with E-state index < -0.39 is 0 Å². The number of aromatic nitrogens is 2. The lowest BCUT2D eigenvalue weighted by molar-refractivity contribution is 0.330. The fraction of sp³-hybridized carbons (Fsp3) is 0.343. The van der Waals surface area contributed by atoms with E-state index in [0.29, 0.717) is 12.3 Å². The first-order valence-electron chi connectivity index (χ1n) is 14.7. The van der Waals surface area contributed by atoms with Crippen molar-refractivity contribution in [2.24, 2.45) is 10.7 Å². The summed E-state index contributed by atoms with van der Waals surface area (Å²) in [4.78, 5) is 17.0. The molecule has 6 nitrogen and oxygen atoms in total. The summed E-state index contributed by atoms with van der Waals surface area (Å²) in [5.41, 5.74) is 16.1. The monoisotopic (exact) mass is 546 g/mol. The molecule has 0 atom stereocenters. The molecule has 3 N–H and O–H groups in total. The lowest BCUT2D eigenvalue weighted by atomic mass is 10.0. The van der Waals surface area contributed by atoms with Crippen molar-refractivity contribution >= 4 is 11.7 Å². The highest BCUT2D eigenvalue weighted by Crippen LogP contribution is 2.40. The molecule has 0 radical (unpaired) electrons. The Labute approximate surface area is 244 Å². The number of benzene rings is 3. The molecule has 0 bridgehead atoms. The van der Waals surface area contributed by atoms with Gasteiger partial charge >= 0.3 is 0 Å². The number of amidine groups is 1. The maximum absolute atomic E-state index is 6.16. The Balaban J connectivity index is 1.13. The van der Waals surface area contributed by atoms with Gasteiger partial charge in [-0.1, -0.05) is 83.9 Å². The molecule has 4 aromatic rings. The van der Waals surface area contributed by atoms with E-state index in [1.54, 1.807) is 0 Å². The van der Waals surface area contributed by atoms with Crippen LogP contribution in [0.25, 0.3) is 11.1 Å². The fourth-order valence-electron chi connectivity index (χ4n) is 5.45. The van der Waals surface area contributed by atoms with Gasteiger partial charge in [0.05, 0.1) is 11.5 Å². The summed E-state index contributed by atoms with van der Waals surface area (Å²) in [5, 5.41) is 3.67. The second-order valence-electron chi connectivity index (χ2n) is 11.3. The molecule has 6 heteroatoms. The molecule has 0 unspecified atom stereocenters. The first kappa shape index (κ1) is 28.5. The predicted octanol–water partition coefficient (Wildman–Crippen LogP) is 5.98. The Bertz CT molecular complexity index is 1480. The van der Waals surface area contributed by atoms with Crippen LogP contribution in [-0.2, 0) is 19.3 Å². The van der Waals surface area contributed by atoms with Gasteiger partial charge in [-0.05, 0) is 69.1 Å². The quantitative estimate of drug-likeness (QED) is 0.108. The van der Waals surface area contributed by atoms with Gasteiger partial charge in [0, 0.05) is 37.9 Å². The minimum Gasteiger partial charge on any atom is -0.387 e. The van der Waals surface area contributed by atoms with Gasteiger partial charge in [-0.3, -0.25) is 4.99 Å². The standard InChI is InChI=1S/C35H42N6/c1-25-11-14-28(15-12-25)22-32(36)37-17-7-19-41(3)20-8-18-38-35-34-30-16-13-26(2)21-29(30)24-31(34)39-33(40-35)23-27-9-5-4-6-10-27/h4-6,9-16,21H,7-8,17-20,22-24H2,1-3H3,(H2,36,37)(H,38,39,40). The minimum atomic E-state index is 0.710. The first-order valence-corrected chi connectivity index (χ1v) is 14.7. The highest BCUT2D eigenvalue weighted by Gasteiger charge is 2.25. The van der Waals surface area contributed by atoms with Crippen molar-refractivity contribution in [3.63, 3.8) is 0 Å². The number of aryl methyl sites for hydroxylation is 2. The van der Waals surface area contributed by atoms with Crippen molar-refractivity contribution < 1.29 is 0 Å². The van der Waals surface area contributed by atoms with E-state index in [0.717, 1.165) is 69.2 Å². The van der Waals surface area contributed by atoms with Crippen LogP contribution in [0.15, 0.2) is 77.8 Å². The van der Waals surface area contributed by atoms with Crippen LogP contribution in [0.3, 0.4) is 0 Å². The van der Waals surface area contributed by atoms with E-state index in [-0.39, 0.29) is 0 Å². The minimum absolute atomic E-state index is 0.710. The largest absolute Gasteiger partial charge is 0.387 e. The molecule has 5 rings (SSSR count). The van der Waals surface area contributed by atoms with Gasteiger partial charge in [-0.15, -0.1) is 0 Å². The zero-order valence-corrected chi connectivity index (χ0v) is 24.7. The summed E-state index contributed by atoms with van der Waals surface area (Å²) >= 11 is 0. The van der Waals surface area contributed by atoms with Crippen LogP contribution in [0.1, 0.15) is 52.2 Å². The molecule has 0 amide bonds. The lowest BCUT2D eigenvalue weighted by Crippen LogP contribution is -2.24. The molecule has 0 saturated heterocycles. The van der Waals surface area contributed by atoms with Crippen LogP contribution < -0.4 is 11.1 Å². The molecule has 41 heavy (non-hydrogen) atoms. The number of rotatable bonds is 13. The Morgan fingerprint density at radius 2 is 1.66 bits per heavy atom. The van der Waals surface area contributed by atoms with E-state index >= 15 is 0 Å². The van der Waals surface area contributed by atoms with E-state index in [1.807, 2.05) is 6.07 Å². The van der Waals surface area contributed by atoms with Crippen LogP contribution >= 0.6 is 0 Å². The molecular formula is C35H42N6. The molecule has 1 aliphatic rings. The zero-order chi connectivity index (χ0) is 28.6. The number of aliphatic imine (C=N–C) groups is 1. The van der Waals surface area contributed by atoms with Gasteiger partial charge in [0.2, 0.25) is 0 Å². The van der Waals surface area contributed by atoms with E-state index in [1.165, 1.54) is 38.9 Å². The smallest absolute Gasteiger partial charge is 0.137 e. The van der Waals surface area contributed by atoms with Gasteiger partial charge in [0.25, 0.3) is 0 Å². The SMILES string of the molecule is Cc1ccc(CC(N)=NCCCN(C)CCCNc2nc(Cc3ccccc3)nc3c2-c2ccc(C)cc2C3)cc1. The third-order valence-corrected chi connectivity index (χ3v) is 7.65. The van der Waals surface area contributed by atoms with Crippen LogP contribution in [0.5, 0.6) is 0 Å². The van der Waals surface area contributed by atoms with Gasteiger partial charge in [0.15, 0.2) is 0 Å². The van der Waals surface area contributed by atoms with Crippen LogP contribution in [0.2, 0.25) is 0 Å². The number of anilines is 1. The maximum atomic E-state index is 6.16. The Morgan fingerprint density at radius 1 is 0.902 bits per heavy atom. The first-order chi connectivity index (χ1) is 19.9. The number of nitrogens with zero attached hydrogens (tertiary/aromatic N) is 4. The third-order valence-electron chi connectivity index (χ3n) is 7.65. The summed E-state index contributed by atoms with van der Waals surface area (Å²) in [7, 11) is 2.18. The number of fused-ring (bicyclic) bond motifs is 3. The average Bonchev–Trinajstić information content (AvgIpc) is 3.32. The molecule has 1 aliphatic carbocycles. The summed E-state index contributed by atoms with van der Waals surface area (Å²) in [6.45, 7) is 7.88. The summed E-state index contributed by atoms with van der Waals surface area (Å²) in [5.74, 6) is 2.55. The Morgan fingerprint density at radius 3 is 2.46 bits per heavy atom. The van der Waals surface area contributed by atoms with Crippen LogP contribution in [0.4, 0.5) is 5.82 Å². The number of nitrogens with one attached hydrogen (secondary N) is 1. The summed E-state index contributed by atoms with van der Waals surface area (Å²) in [6, 6.07) is 25.7. The van der Waals surface area contributed by atoms with Crippen molar-refractivity contribution in [2.75, 3.05) is 38.5 Å². The lowest BCUT2D eigenvalue weighted by Gasteiger charge is -2.17. The molecule has 1 heterocycles. The molecule has 1 aromatic heterocycles. The molecule has 0 fully saturated rings. The van der Waals surface area contributed by atoms with Crippen molar-refractivity contribution in [1.29, 1.82) is 0 Å². The van der Waals surface area contributed by atoms with E-state index in [4.69, 9.17) is 15.7 Å². The van der Waals surface area contributed by atoms with Gasteiger partial charge in [0.1, 0.15) is 11.6 Å². The van der Waals surface area contributed by atoms with Gasteiger partial charge in [-0.25, -0.2) is 9.97 Å². The van der Waals surface area contributed by atoms with Crippen LogP contribution in [0, 0.1) is 13.8 Å². The Hall–Kier alpha value is -4.03. The van der Waals surface area contributed by atoms with Crippen molar-refractivity contribution in [3.05, 3.63) is 112 Å². The van der Waals surface area contributed by atoms with Crippen molar-refractivity contribution in [3.8, 4) is 11.1 Å². The second kappa shape index (κ2) is 13.6. The topological polar surface area (TPSA) is 79.4 Å². The molecule has 212 valence electrons. The van der Waals surface area contributed by atoms with Crippen molar-refractivity contribution in [1.82, 2.24) is 14.9 Å². The van der Waals surface area contributed by atoms with Crippen molar-refractivity contribution in [2.45, 2.75) is 46.0 Å². The summed E-state index contributed by atoms with van der Waals surface area (Å²) in [6.07, 6.45) is 4.34. The van der Waals surface area contributed by atoms with Crippen LogP contribution in [-0.4, -0.2) is 53.9 Å². The highest BCUT2D eigenvalue weighted by atomic mass is 15.1. The average molecular weight is 547 g/mol. The third kappa shape index (κ3) is 7.80. The van der Waals surface area contributed by atoms with Gasteiger partial charge < -0.3 is 16.0 Å². The fourth-order valence-corrected chi connectivity index (χ4v) is 5.45. The van der Waals surface area contributed by atoms with E-state index in [2.05, 4.69) is 103 Å². The number of hydrogen-bond donors (Lipinski definition) is 2. The number of nitrogens with two attached hydrogens (primary N) is 1. The summed E-state index contributed by atoms with van der Waals surface area (Å²) < 4.78 is 0. The molecule has 0 aliphatic heterocycles. The molecular weight excluding hydrogens is 504 g/mol. The second-order valence-corrected chi connectivity index (χ2v) is 11.3. The molecule has 3 aromatic carbocycles. The maximum Gasteiger partial charge on any atom is 0.137 e. The molecule has 0 spiro atoms. The highest BCUT2D eigenvalue weighted by molar-refractivity contribution is 5.84. The van der Waals surface area contributed by atoms with E-state index in [9.17, 15) is 0 Å². The van der Waals surface area contributed by atoms with Gasteiger partial charge in [-0.2, -0.15) is 0 Å². The normalized spacial score (nSPS) is 12.4. The predicted molar refractivity (Wildman–Crippen MR) is 171 cm³/mol. The Kier molecular flexibility index (Phi) is 9.42. The number of hydrogen-bond acceptors (Lipinski definition) is 5. The zero-order valence-electron chi connectivity index (χ0n) is 24.7.